The number of carbonyl (C=O) groups excluding carboxylic acids is 2. The first-order valence-electron chi connectivity index (χ1n) is 11.2. The van der Waals surface area contributed by atoms with Crippen molar-refractivity contribution in [1.29, 1.82) is 0 Å². The number of rotatable bonds is 6. The minimum absolute atomic E-state index is 0.108. The van der Waals surface area contributed by atoms with Crippen molar-refractivity contribution in [2.24, 2.45) is 5.92 Å². The van der Waals surface area contributed by atoms with Gasteiger partial charge in [0.05, 0.1) is 13.2 Å². The number of nitrogens with one attached hydrogen (secondary N) is 1. The van der Waals surface area contributed by atoms with E-state index in [4.69, 9.17) is 9.94 Å². The van der Waals surface area contributed by atoms with E-state index in [-0.39, 0.29) is 11.8 Å². The number of hydrogen-bond donors (Lipinski definition) is 2. The number of ether oxygens (including phenoxy) is 1. The standard InChI is InChI=1S/C25H31N3O4/c1-17(2)23(24(29)26-31)28-10-9-21-15-20(7-8-22(21)25(28)30)19-5-3-18(4-6-19)16-27-11-13-32-14-12-27/h3-8,15,17,23,31H,9-14,16H2,1-2H3,(H,26,29). The molecular formula is C25H31N3O4. The monoisotopic (exact) mass is 437 g/mol. The van der Waals surface area contributed by atoms with Crippen LogP contribution in [0.3, 0.4) is 0 Å². The molecule has 7 nitrogen and oxygen atoms in total. The van der Waals surface area contributed by atoms with Crippen molar-refractivity contribution >= 4 is 11.8 Å². The van der Waals surface area contributed by atoms with Gasteiger partial charge in [-0.25, -0.2) is 5.48 Å². The highest BCUT2D eigenvalue weighted by Crippen LogP contribution is 2.28. The molecule has 1 atom stereocenters. The van der Waals surface area contributed by atoms with Crippen molar-refractivity contribution in [3.05, 3.63) is 59.2 Å². The third-order valence-electron chi connectivity index (χ3n) is 6.36. The van der Waals surface area contributed by atoms with Crippen LogP contribution in [0.25, 0.3) is 11.1 Å². The SMILES string of the molecule is CC(C)C(C(=O)NO)N1CCc2cc(-c3ccc(CN4CCOCC4)cc3)ccc2C1=O. The van der Waals surface area contributed by atoms with E-state index in [0.29, 0.717) is 18.5 Å². The highest BCUT2D eigenvalue weighted by atomic mass is 16.5. The fraction of sp³-hybridized carbons (Fsp3) is 0.440. The lowest BCUT2D eigenvalue weighted by molar-refractivity contribution is -0.135. The van der Waals surface area contributed by atoms with Crippen LogP contribution in [0.2, 0.25) is 0 Å². The lowest BCUT2D eigenvalue weighted by atomic mass is 9.91. The number of amides is 2. The first kappa shape index (κ1) is 22.5. The van der Waals surface area contributed by atoms with Gasteiger partial charge in [0.2, 0.25) is 0 Å². The first-order chi connectivity index (χ1) is 15.5. The molecular weight excluding hydrogens is 406 g/mol. The second-order valence-electron chi connectivity index (χ2n) is 8.87. The van der Waals surface area contributed by atoms with Crippen LogP contribution in [0.4, 0.5) is 0 Å². The Morgan fingerprint density at radius 2 is 1.75 bits per heavy atom. The zero-order valence-electron chi connectivity index (χ0n) is 18.7. The van der Waals surface area contributed by atoms with Crippen LogP contribution >= 0.6 is 0 Å². The minimum atomic E-state index is -0.695. The van der Waals surface area contributed by atoms with Crippen molar-refractivity contribution in [2.75, 3.05) is 32.8 Å². The molecule has 0 aliphatic carbocycles. The predicted molar refractivity (Wildman–Crippen MR) is 121 cm³/mol. The third-order valence-corrected chi connectivity index (χ3v) is 6.36. The Morgan fingerprint density at radius 1 is 1.06 bits per heavy atom. The average molecular weight is 438 g/mol. The Kier molecular flexibility index (Phi) is 6.89. The number of hydroxylamine groups is 1. The van der Waals surface area contributed by atoms with Crippen LogP contribution in [0, 0.1) is 5.92 Å². The maximum absolute atomic E-state index is 13.1. The highest BCUT2D eigenvalue weighted by Gasteiger charge is 2.35. The lowest BCUT2D eigenvalue weighted by Crippen LogP contribution is -2.54. The van der Waals surface area contributed by atoms with E-state index in [2.05, 4.69) is 35.2 Å². The van der Waals surface area contributed by atoms with Crippen LogP contribution < -0.4 is 5.48 Å². The zero-order chi connectivity index (χ0) is 22.7. The Balaban J connectivity index is 1.50. The van der Waals surface area contributed by atoms with E-state index in [1.54, 1.807) is 10.4 Å². The summed E-state index contributed by atoms with van der Waals surface area (Å²) in [6.45, 7) is 8.64. The summed E-state index contributed by atoms with van der Waals surface area (Å²) in [4.78, 5) is 29.2. The predicted octanol–water partition coefficient (Wildman–Crippen LogP) is 2.71. The van der Waals surface area contributed by atoms with Gasteiger partial charge in [0.15, 0.2) is 0 Å². The number of fused-ring (bicyclic) bond motifs is 1. The van der Waals surface area contributed by atoms with Gasteiger partial charge in [0, 0.05) is 31.7 Å². The molecule has 2 aliphatic rings. The smallest absolute Gasteiger partial charge is 0.266 e. The van der Waals surface area contributed by atoms with Crippen molar-refractivity contribution in [3.63, 3.8) is 0 Å². The van der Waals surface area contributed by atoms with Crippen molar-refractivity contribution < 1.29 is 19.5 Å². The van der Waals surface area contributed by atoms with E-state index >= 15 is 0 Å². The third kappa shape index (κ3) is 4.70. The van der Waals surface area contributed by atoms with E-state index in [0.717, 1.165) is 49.5 Å². The first-order valence-corrected chi connectivity index (χ1v) is 11.2. The normalized spacial score (nSPS) is 17.9. The Bertz CT molecular complexity index is 968. The molecule has 0 bridgehead atoms. The molecule has 2 aromatic carbocycles. The molecule has 1 unspecified atom stereocenters. The van der Waals surface area contributed by atoms with Gasteiger partial charge >= 0.3 is 0 Å². The molecule has 2 heterocycles. The summed E-state index contributed by atoms with van der Waals surface area (Å²) in [5, 5.41) is 9.09. The van der Waals surface area contributed by atoms with E-state index < -0.39 is 11.9 Å². The van der Waals surface area contributed by atoms with Gasteiger partial charge in [-0.1, -0.05) is 50.2 Å². The van der Waals surface area contributed by atoms with Gasteiger partial charge in [-0.05, 0) is 40.7 Å². The summed E-state index contributed by atoms with van der Waals surface area (Å²) in [5.74, 6) is -0.825. The molecule has 32 heavy (non-hydrogen) atoms. The maximum atomic E-state index is 13.1. The summed E-state index contributed by atoms with van der Waals surface area (Å²) in [6, 6.07) is 13.8. The van der Waals surface area contributed by atoms with E-state index in [1.807, 2.05) is 26.0 Å². The van der Waals surface area contributed by atoms with Crippen molar-refractivity contribution in [3.8, 4) is 11.1 Å². The second-order valence-corrected chi connectivity index (χ2v) is 8.87. The Hall–Kier alpha value is -2.74. The molecule has 1 saturated heterocycles. The maximum Gasteiger partial charge on any atom is 0.266 e. The summed E-state index contributed by atoms with van der Waals surface area (Å²) in [5.41, 5.74) is 6.80. The van der Waals surface area contributed by atoms with Crippen LogP contribution in [-0.4, -0.2) is 65.7 Å². The van der Waals surface area contributed by atoms with Crippen LogP contribution in [0.5, 0.6) is 0 Å². The summed E-state index contributed by atoms with van der Waals surface area (Å²) in [7, 11) is 0. The molecule has 0 aromatic heterocycles. The molecule has 2 N–H and O–H groups in total. The van der Waals surface area contributed by atoms with Gasteiger partial charge in [0.1, 0.15) is 6.04 Å². The van der Waals surface area contributed by atoms with Crippen LogP contribution in [0.15, 0.2) is 42.5 Å². The summed E-state index contributed by atoms with van der Waals surface area (Å²) < 4.78 is 5.42. The number of morpholine rings is 1. The Morgan fingerprint density at radius 3 is 2.41 bits per heavy atom. The molecule has 2 aromatic rings. The van der Waals surface area contributed by atoms with E-state index in [9.17, 15) is 9.59 Å². The van der Waals surface area contributed by atoms with Gasteiger partial charge in [-0.3, -0.25) is 19.7 Å². The molecule has 170 valence electrons. The van der Waals surface area contributed by atoms with E-state index in [1.165, 1.54) is 5.56 Å². The number of benzene rings is 2. The number of carbonyl (C=O) groups is 2. The summed E-state index contributed by atoms with van der Waals surface area (Å²) >= 11 is 0. The lowest BCUT2D eigenvalue weighted by Gasteiger charge is -2.36. The van der Waals surface area contributed by atoms with Gasteiger partial charge in [0.25, 0.3) is 11.8 Å². The fourth-order valence-corrected chi connectivity index (χ4v) is 4.64. The number of nitrogens with zero attached hydrogens (tertiary/aromatic N) is 2. The van der Waals surface area contributed by atoms with Crippen molar-refractivity contribution in [2.45, 2.75) is 32.9 Å². The van der Waals surface area contributed by atoms with Crippen molar-refractivity contribution in [1.82, 2.24) is 15.3 Å². The molecule has 2 amide bonds. The molecule has 4 rings (SSSR count). The van der Waals surface area contributed by atoms with Gasteiger partial charge in [-0.15, -0.1) is 0 Å². The minimum Gasteiger partial charge on any atom is -0.379 e. The molecule has 1 fully saturated rings. The average Bonchev–Trinajstić information content (AvgIpc) is 2.81. The highest BCUT2D eigenvalue weighted by molar-refractivity contribution is 6.00. The molecule has 7 heteroatoms. The zero-order valence-corrected chi connectivity index (χ0v) is 18.7. The quantitative estimate of drug-likeness (QED) is 0.536. The molecule has 0 spiro atoms. The van der Waals surface area contributed by atoms with Gasteiger partial charge in [-0.2, -0.15) is 0 Å². The molecule has 0 radical (unpaired) electrons. The Labute approximate surface area is 188 Å². The van der Waals surface area contributed by atoms with Crippen LogP contribution in [-0.2, 0) is 22.5 Å². The van der Waals surface area contributed by atoms with Gasteiger partial charge < -0.3 is 9.64 Å². The molecule has 0 saturated carbocycles. The second kappa shape index (κ2) is 9.81. The fourth-order valence-electron chi connectivity index (χ4n) is 4.64. The largest absolute Gasteiger partial charge is 0.379 e. The topological polar surface area (TPSA) is 82.1 Å². The summed E-state index contributed by atoms with van der Waals surface area (Å²) in [6.07, 6.45) is 0.673. The van der Waals surface area contributed by atoms with Crippen LogP contribution in [0.1, 0.15) is 35.3 Å². The number of hydrogen-bond acceptors (Lipinski definition) is 5. The molecule has 2 aliphatic heterocycles.